The van der Waals surface area contributed by atoms with Crippen LogP contribution in [0.5, 0.6) is 0 Å². The van der Waals surface area contributed by atoms with E-state index in [1.807, 2.05) is 36.9 Å². The van der Waals surface area contributed by atoms with Crippen LogP contribution in [0.15, 0.2) is 157 Å². The first-order chi connectivity index (χ1) is 23.3. The van der Waals surface area contributed by atoms with Gasteiger partial charge >= 0.3 is 0 Å². The fourth-order valence-corrected chi connectivity index (χ4v) is 6.42. The summed E-state index contributed by atoms with van der Waals surface area (Å²) in [5, 5.41) is 10.0. The maximum Gasteiger partial charge on any atom is 0.266 e. The van der Waals surface area contributed by atoms with Crippen LogP contribution in [0.1, 0.15) is 0 Å². The average Bonchev–Trinajstić information content (AvgIpc) is 3.12. The SMILES string of the molecule is BrBr.Brc1c2ccccc2c(-c2cccnc2)c2ccccc12.ClC(Cl)(Cl)Cl.c1cncc(-c2c3ccccc3cc3ccccc23)c1. The van der Waals surface area contributed by atoms with Gasteiger partial charge in [0.2, 0.25) is 0 Å². The summed E-state index contributed by atoms with van der Waals surface area (Å²) in [6, 6.07) is 44.5. The maximum atomic E-state index is 4.83. The van der Waals surface area contributed by atoms with E-state index in [0.29, 0.717) is 0 Å². The molecule has 0 saturated heterocycles. The number of alkyl halides is 4. The Morgan fingerprint density at radius 2 is 0.771 bits per heavy atom. The molecule has 0 atom stereocenters. The highest BCUT2D eigenvalue weighted by atomic mass is 80.9. The molecule has 0 unspecified atom stereocenters. The molecule has 0 bridgehead atoms. The van der Waals surface area contributed by atoms with Crippen molar-refractivity contribution in [3.8, 4) is 22.3 Å². The van der Waals surface area contributed by atoms with Crippen molar-refractivity contribution >= 4 is 134 Å². The lowest BCUT2D eigenvalue weighted by molar-refractivity contribution is 1.33. The molecule has 8 rings (SSSR count). The van der Waals surface area contributed by atoms with Gasteiger partial charge in [-0.3, -0.25) is 9.97 Å². The first-order valence-electron chi connectivity index (χ1n) is 14.5. The monoisotopic (exact) mass is 898 g/mol. The lowest BCUT2D eigenvalue weighted by Gasteiger charge is -2.13. The Labute approximate surface area is 323 Å². The lowest BCUT2D eigenvalue weighted by atomic mass is 9.93. The molecule has 9 heteroatoms. The first kappa shape index (κ1) is 36.5. The number of pyridine rings is 2. The average molecular weight is 903 g/mol. The van der Waals surface area contributed by atoms with E-state index in [0.717, 1.165) is 10.0 Å². The molecule has 0 fully saturated rings. The summed E-state index contributed by atoms with van der Waals surface area (Å²) in [6.07, 6.45) is 7.50. The summed E-state index contributed by atoms with van der Waals surface area (Å²) in [4.78, 5) is 8.56. The van der Waals surface area contributed by atoms with E-state index in [4.69, 9.17) is 46.4 Å². The van der Waals surface area contributed by atoms with Crippen LogP contribution in [-0.4, -0.2) is 13.2 Å². The van der Waals surface area contributed by atoms with Crippen molar-refractivity contribution in [3.05, 3.63) is 157 Å². The predicted octanol–water partition coefficient (Wildman–Crippen LogP) is 15.1. The highest BCUT2D eigenvalue weighted by molar-refractivity contribution is 9.93. The molecule has 2 aromatic heterocycles. The highest BCUT2D eigenvalue weighted by Gasteiger charge is 2.14. The van der Waals surface area contributed by atoms with Gasteiger partial charge in [0.15, 0.2) is 0 Å². The largest absolute Gasteiger partial charge is 0.266 e. The Kier molecular flexibility index (Phi) is 13.1. The van der Waals surface area contributed by atoms with Gasteiger partial charge in [0.25, 0.3) is 3.25 Å². The van der Waals surface area contributed by atoms with Gasteiger partial charge in [-0.2, -0.15) is 0 Å². The van der Waals surface area contributed by atoms with Crippen molar-refractivity contribution in [3.63, 3.8) is 0 Å². The molecule has 0 amide bonds. The van der Waals surface area contributed by atoms with Gasteiger partial charge in [-0.05, 0) is 88.3 Å². The van der Waals surface area contributed by atoms with E-state index in [1.54, 1.807) is 0 Å². The third-order valence-corrected chi connectivity index (χ3v) is 8.39. The van der Waals surface area contributed by atoms with Crippen molar-refractivity contribution in [1.29, 1.82) is 0 Å². The fraction of sp³-hybridized carbons (Fsp3) is 0.0256. The number of nitrogens with zero attached hydrogens (tertiary/aromatic N) is 2. The van der Waals surface area contributed by atoms with Crippen molar-refractivity contribution < 1.29 is 0 Å². The molecular formula is C39H25Br3Cl4N2. The Morgan fingerprint density at radius 3 is 1.15 bits per heavy atom. The zero-order chi connectivity index (χ0) is 34.1. The molecule has 2 nitrogen and oxygen atoms in total. The van der Waals surface area contributed by atoms with Crippen molar-refractivity contribution in [2.75, 3.05) is 0 Å². The van der Waals surface area contributed by atoms with Crippen LogP contribution in [0.2, 0.25) is 0 Å². The highest BCUT2D eigenvalue weighted by Crippen LogP contribution is 2.41. The minimum atomic E-state index is -1.61. The zero-order valence-corrected chi connectivity index (χ0v) is 32.8. The summed E-state index contributed by atoms with van der Waals surface area (Å²) in [7, 11) is 0. The van der Waals surface area contributed by atoms with E-state index in [-0.39, 0.29) is 0 Å². The number of hydrogen-bond donors (Lipinski definition) is 0. The Balaban J connectivity index is 0.000000158. The van der Waals surface area contributed by atoms with Gasteiger partial charge in [0.05, 0.1) is 0 Å². The van der Waals surface area contributed by atoms with Gasteiger partial charge < -0.3 is 0 Å². The smallest absolute Gasteiger partial charge is 0.264 e. The molecule has 0 spiro atoms. The molecular weight excluding hydrogens is 878 g/mol. The summed E-state index contributed by atoms with van der Waals surface area (Å²) in [5.41, 5.74) is 4.84. The van der Waals surface area contributed by atoms with Crippen LogP contribution in [0.25, 0.3) is 65.3 Å². The van der Waals surface area contributed by atoms with Gasteiger partial charge in [0.1, 0.15) is 0 Å². The van der Waals surface area contributed by atoms with Crippen LogP contribution < -0.4 is 0 Å². The van der Waals surface area contributed by atoms with E-state index in [1.165, 1.54) is 59.8 Å². The summed E-state index contributed by atoms with van der Waals surface area (Å²) in [6.45, 7) is 0. The maximum absolute atomic E-state index is 4.83. The van der Waals surface area contributed by atoms with Gasteiger partial charge in [-0.25, -0.2) is 0 Å². The molecule has 0 radical (unpaired) electrons. The number of hydrogen-bond acceptors (Lipinski definition) is 2. The van der Waals surface area contributed by atoms with E-state index >= 15 is 0 Å². The van der Waals surface area contributed by atoms with Crippen LogP contribution in [0.4, 0.5) is 0 Å². The normalized spacial score (nSPS) is 10.8. The van der Waals surface area contributed by atoms with Crippen LogP contribution in [-0.2, 0) is 0 Å². The molecule has 0 aliphatic heterocycles. The lowest BCUT2D eigenvalue weighted by Crippen LogP contribution is -1.87. The molecule has 6 aromatic carbocycles. The Morgan fingerprint density at radius 1 is 0.438 bits per heavy atom. The second-order valence-corrected chi connectivity index (χ2v) is 14.6. The van der Waals surface area contributed by atoms with Crippen molar-refractivity contribution in [1.82, 2.24) is 9.97 Å². The van der Waals surface area contributed by atoms with Crippen LogP contribution in [0.3, 0.4) is 0 Å². The quantitative estimate of drug-likeness (QED) is 0.128. The third-order valence-electron chi connectivity index (χ3n) is 7.54. The van der Waals surface area contributed by atoms with E-state index in [9.17, 15) is 0 Å². The summed E-state index contributed by atoms with van der Waals surface area (Å²) in [5.74, 6) is 0. The molecule has 48 heavy (non-hydrogen) atoms. The molecule has 8 aromatic rings. The summed E-state index contributed by atoms with van der Waals surface area (Å²) < 4.78 is -0.457. The predicted molar refractivity (Wildman–Crippen MR) is 221 cm³/mol. The molecule has 2 heterocycles. The van der Waals surface area contributed by atoms with E-state index in [2.05, 4.69) is 169 Å². The third kappa shape index (κ3) is 8.88. The molecule has 0 N–H and O–H groups in total. The first-order valence-corrected chi connectivity index (χ1v) is 20.5. The molecule has 0 saturated carbocycles. The zero-order valence-electron chi connectivity index (χ0n) is 25.0. The second kappa shape index (κ2) is 17.3. The number of benzene rings is 6. The number of rotatable bonds is 2. The second-order valence-electron chi connectivity index (χ2n) is 10.4. The van der Waals surface area contributed by atoms with E-state index < -0.39 is 3.25 Å². The fourth-order valence-electron chi connectivity index (χ4n) is 5.73. The minimum Gasteiger partial charge on any atom is -0.264 e. The van der Waals surface area contributed by atoms with Crippen LogP contribution in [0, 0.1) is 0 Å². The van der Waals surface area contributed by atoms with Crippen LogP contribution >= 0.6 is 90.6 Å². The summed E-state index contributed by atoms with van der Waals surface area (Å²) >= 11 is 28.6. The number of aromatic nitrogens is 2. The molecule has 0 aliphatic rings. The number of fused-ring (bicyclic) bond motifs is 4. The molecule has 240 valence electrons. The van der Waals surface area contributed by atoms with Gasteiger partial charge in [-0.15, -0.1) is 0 Å². The van der Waals surface area contributed by atoms with Gasteiger partial charge in [-0.1, -0.05) is 156 Å². The standard InChI is InChI=1S/C19H12BrN.C19H13N.CCl4.Br2/c20-19-16-9-3-1-7-14(16)18(13-6-5-11-21-12-13)15-8-2-4-10-17(15)19;1-3-9-17-14(6-1)12-15-7-2-4-10-18(15)19(17)16-8-5-11-20-13-16;2-1(3,4)5;1-2/h1-12H;1-13H;;. The minimum absolute atomic E-state index is 1.15. The molecule has 0 aliphatic carbocycles. The Hall–Kier alpha value is -2.74. The topological polar surface area (TPSA) is 25.8 Å². The van der Waals surface area contributed by atoms with Crippen molar-refractivity contribution in [2.24, 2.45) is 0 Å². The van der Waals surface area contributed by atoms with Crippen molar-refractivity contribution in [2.45, 2.75) is 3.25 Å². The number of halogens is 7. The Bertz CT molecular complexity index is 2160. The van der Waals surface area contributed by atoms with Gasteiger partial charge in [0, 0.05) is 68.6 Å².